The number of nitrogens with two attached hydrogens (primary N) is 1. The summed E-state index contributed by atoms with van der Waals surface area (Å²) in [6, 6.07) is 9.39. The topological polar surface area (TPSA) is 110 Å². The number of rotatable bonds is 1. The van der Waals surface area contributed by atoms with Crippen molar-refractivity contribution in [3.8, 4) is 11.5 Å². The van der Waals surface area contributed by atoms with Gasteiger partial charge in [0.1, 0.15) is 5.75 Å². The third-order valence-electron chi connectivity index (χ3n) is 2.51. The van der Waals surface area contributed by atoms with Gasteiger partial charge in [0.15, 0.2) is 5.75 Å². The third-order valence-corrected chi connectivity index (χ3v) is 2.51. The van der Waals surface area contributed by atoms with E-state index in [1.807, 2.05) is 13.0 Å². The molecule has 6 heteroatoms. The Labute approximate surface area is 123 Å². The van der Waals surface area contributed by atoms with Crippen LogP contribution in [0.3, 0.4) is 0 Å². The van der Waals surface area contributed by atoms with E-state index < -0.39 is 4.92 Å². The van der Waals surface area contributed by atoms with Crippen LogP contribution in [0.15, 0.2) is 36.4 Å². The van der Waals surface area contributed by atoms with Crippen LogP contribution in [-0.2, 0) is 0 Å². The highest BCUT2D eigenvalue weighted by atomic mass is 16.6. The Morgan fingerprint density at radius 2 is 1.48 bits per heavy atom. The summed E-state index contributed by atoms with van der Waals surface area (Å²) in [6.45, 7) is 3.66. The van der Waals surface area contributed by atoms with Crippen molar-refractivity contribution in [2.24, 2.45) is 0 Å². The van der Waals surface area contributed by atoms with Crippen molar-refractivity contribution >= 4 is 11.4 Å². The fourth-order valence-electron chi connectivity index (χ4n) is 1.45. The number of nitro benzene ring substituents is 1. The van der Waals surface area contributed by atoms with Crippen LogP contribution < -0.4 is 5.73 Å². The molecule has 0 heterocycles. The number of hydrogen-bond acceptors (Lipinski definition) is 5. The standard InChI is InChI=1S/C7H7NO3.C7H9NO.CH4/c1-5-2-3-7(9)6(4-5)8(10)11;1-5-2-3-7(9)6(8)4-5;/h2-4,9H,1H3;2-4,9H,8H2,1H3;1H4. The minimum Gasteiger partial charge on any atom is -0.506 e. The van der Waals surface area contributed by atoms with E-state index in [0.29, 0.717) is 5.69 Å². The van der Waals surface area contributed by atoms with E-state index in [1.54, 1.807) is 25.1 Å². The molecule has 0 saturated heterocycles. The number of aromatic hydroxyl groups is 2. The number of aryl methyl sites for hydroxylation is 2. The second-order valence-corrected chi connectivity index (χ2v) is 4.31. The Bertz CT molecular complexity index is 627. The molecule has 0 aliphatic heterocycles. The van der Waals surface area contributed by atoms with Gasteiger partial charge in [0.05, 0.1) is 10.6 Å². The van der Waals surface area contributed by atoms with Crippen LogP contribution >= 0.6 is 0 Å². The van der Waals surface area contributed by atoms with Crippen molar-refractivity contribution in [2.75, 3.05) is 5.73 Å². The molecule has 0 aliphatic carbocycles. The monoisotopic (exact) mass is 292 g/mol. The molecule has 0 aromatic heterocycles. The van der Waals surface area contributed by atoms with Crippen molar-refractivity contribution in [3.05, 3.63) is 57.6 Å². The van der Waals surface area contributed by atoms with E-state index in [1.165, 1.54) is 12.1 Å². The van der Waals surface area contributed by atoms with Gasteiger partial charge in [-0.1, -0.05) is 19.6 Å². The fraction of sp³-hybridized carbons (Fsp3) is 0.200. The summed E-state index contributed by atoms with van der Waals surface area (Å²) in [6.07, 6.45) is 0. The van der Waals surface area contributed by atoms with Gasteiger partial charge < -0.3 is 15.9 Å². The van der Waals surface area contributed by atoms with E-state index in [2.05, 4.69) is 0 Å². The van der Waals surface area contributed by atoms with E-state index in [0.717, 1.165) is 11.1 Å². The number of phenols is 2. The molecule has 2 aromatic carbocycles. The van der Waals surface area contributed by atoms with Crippen LogP contribution in [0, 0.1) is 24.0 Å². The summed E-state index contributed by atoms with van der Waals surface area (Å²) in [5.74, 6) is -0.138. The Kier molecular flexibility index (Phi) is 6.72. The first-order valence-corrected chi connectivity index (χ1v) is 5.80. The molecule has 0 unspecified atom stereocenters. The lowest BCUT2D eigenvalue weighted by atomic mass is 10.2. The smallest absolute Gasteiger partial charge is 0.310 e. The highest BCUT2D eigenvalue weighted by molar-refractivity contribution is 5.52. The van der Waals surface area contributed by atoms with Crippen LogP contribution in [0.2, 0.25) is 0 Å². The first-order chi connectivity index (χ1) is 9.31. The van der Waals surface area contributed by atoms with Crippen LogP contribution in [-0.4, -0.2) is 15.1 Å². The molecule has 0 fully saturated rings. The van der Waals surface area contributed by atoms with Crippen LogP contribution in [0.25, 0.3) is 0 Å². The Balaban J connectivity index is 0.000000370. The van der Waals surface area contributed by atoms with Crippen LogP contribution in [0.5, 0.6) is 11.5 Å². The van der Waals surface area contributed by atoms with E-state index in [4.69, 9.17) is 15.9 Å². The average molecular weight is 292 g/mol. The van der Waals surface area contributed by atoms with Crippen molar-refractivity contribution in [1.29, 1.82) is 0 Å². The fourth-order valence-corrected chi connectivity index (χ4v) is 1.45. The largest absolute Gasteiger partial charge is 0.506 e. The molecule has 114 valence electrons. The van der Waals surface area contributed by atoms with Crippen molar-refractivity contribution < 1.29 is 15.1 Å². The third kappa shape index (κ3) is 5.40. The molecule has 2 aromatic rings. The Morgan fingerprint density at radius 1 is 1.00 bits per heavy atom. The number of anilines is 1. The number of nitro groups is 1. The number of nitrogens with zero attached hydrogens (tertiary/aromatic N) is 1. The predicted molar refractivity (Wildman–Crippen MR) is 83.5 cm³/mol. The van der Waals surface area contributed by atoms with Gasteiger partial charge in [0, 0.05) is 6.07 Å². The van der Waals surface area contributed by atoms with Gasteiger partial charge in [-0.3, -0.25) is 10.1 Å². The number of nitrogen functional groups attached to an aromatic ring is 1. The van der Waals surface area contributed by atoms with Gasteiger partial charge in [-0.05, 0) is 43.2 Å². The highest BCUT2D eigenvalue weighted by Gasteiger charge is 2.11. The minimum absolute atomic E-state index is 0. The maximum atomic E-state index is 10.2. The number of phenolic OH excluding ortho intramolecular Hbond substituents is 2. The number of hydrogen-bond donors (Lipinski definition) is 3. The molecule has 6 nitrogen and oxygen atoms in total. The van der Waals surface area contributed by atoms with Crippen LogP contribution in [0.1, 0.15) is 18.6 Å². The second kappa shape index (κ2) is 7.74. The highest BCUT2D eigenvalue weighted by Crippen LogP contribution is 2.25. The molecule has 2 rings (SSSR count). The van der Waals surface area contributed by atoms with Gasteiger partial charge in [-0.15, -0.1) is 0 Å². The zero-order valence-electron chi connectivity index (χ0n) is 11.2. The molecule has 0 atom stereocenters. The number of benzene rings is 2. The average Bonchev–Trinajstić information content (AvgIpc) is 2.38. The zero-order chi connectivity index (χ0) is 15.3. The summed E-state index contributed by atoms with van der Waals surface area (Å²) in [5, 5.41) is 28.1. The first-order valence-electron chi connectivity index (χ1n) is 5.80. The quantitative estimate of drug-likeness (QED) is 0.322. The van der Waals surface area contributed by atoms with Gasteiger partial charge in [-0.25, -0.2) is 0 Å². The van der Waals surface area contributed by atoms with Gasteiger partial charge >= 0.3 is 5.69 Å². The van der Waals surface area contributed by atoms with Crippen molar-refractivity contribution in [2.45, 2.75) is 21.3 Å². The van der Waals surface area contributed by atoms with E-state index in [9.17, 15) is 10.1 Å². The lowest BCUT2D eigenvalue weighted by Gasteiger charge is -1.97. The molecule has 4 N–H and O–H groups in total. The minimum atomic E-state index is -0.609. The molecule has 0 saturated carbocycles. The van der Waals surface area contributed by atoms with E-state index in [-0.39, 0.29) is 24.6 Å². The molecule has 0 amide bonds. The lowest BCUT2D eigenvalue weighted by Crippen LogP contribution is -1.88. The first kappa shape index (κ1) is 18.2. The SMILES string of the molecule is C.Cc1ccc(O)c(N)c1.Cc1ccc(O)c([N+](=O)[O-])c1. The maximum absolute atomic E-state index is 10.2. The van der Waals surface area contributed by atoms with Crippen molar-refractivity contribution in [3.63, 3.8) is 0 Å². The molecular weight excluding hydrogens is 272 g/mol. The van der Waals surface area contributed by atoms with Crippen LogP contribution in [0.4, 0.5) is 11.4 Å². The summed E-state index contributed by atoms with van der Waals surface area (Å²) < 4.78 is 0. The molecule has 0 radical (unpaired) electrons. The summed E-state index contributed by atoms with van der Waals surface area (Å²) >= 11 is 0. The van der Waals surface area contributed by atoms with Crippen molar-refractivity contribution in [1.82, 2.24) is 0 Å². The Hall–Kier alpha value is -2.76. The maximum Gasteiger partial charge on any atom is 0.310 e. The molecule has 0 spiro atoms. The van der Waals surface area contributed by atoms with Gasteiger partial charge in [-0.2, -0.15) is 0 Å². The summed E-state index contributed by atoms with van der Waals surface area (Å²) in [5.41, 5.74) is 7.38. The predicted octanol–water partition coefficient (Wildman–Crippen LogP) is 3.53. The molecular formula is C15H20N2O4. The lowest BCUT2D eigenvalue weighted by molar-refractivity contribution is -0.385. The normalized spacial score (nSPS) is 9.05. The van der Waals surface area contributed by atoms with Gasteiger partial charge in [0.25, 0.3) is 0 Å². The summed E-state index contributed by atoms with van der Waals surface area (Å²) in [7, 11) is 0. The van der Waals surface area contributed by atoms with Gasteiger partial charge in [0.2, 0.25) is 0 Å². The molecule has 21 heavy (non-hydrogen) atoms. The molecule has 0 bridgehead atoms. The zero-order valence-corrected chi connectivity index (χ0v) is 11.2. The molecule has 0 aliphatic rings. The Morgan fingerprint density at radius 3 is 1.86 bits per heavy atom. The van der Waals surface area contributed by atoms with E-state index >= 15 is 0 Å². The summed E-state index contributed by atoms with van der Waals surface area (Å²) in [4.78, 5) is 9.61. The second-order valence-electron chi connectivity index (χ2n) is 4.31.